The molecule has 2 aromatic rings. The highest BCUT2D eigenvalue weighted by atomic mass is 16.5. The molecule has 0 aromatic heterocycles. The van der Waals surface area contributed by atoms with Crippen LogP contribution in [0, 0.1) is 5.92 Å². The Hall–Kier alpha value is -3.48. The Morgan fingerprint density at radius 3 is 2.03 bits per heavy atom. The average Bonchev–Trinajstić information content (AvgIpc) is 2.75. The van der Waals surface area contributed by atoms with E-state index in [1.165, 1.54) is 0 Å². The van der Waals surface area contributed by atoms with Crippen LogP contribution < -0.4 is 10.6 Å². The summed E-state index contributed by atoms with van der Waals surface area (Å²) < 4.78 is 5.06. The topological polar surface area (TPSA) is 102 Å². The quantitative estimate of drug-likeness (QED) is 0.599. The van der Waals surface area contributed by atoms with Crippen molar-refractivity contribution in [1.82, 2.24) is 10.6 Å². The molecule has 0 aliphatic heterocycles. The fraction of sp³-hybridized carbons (Fsp3) is 0.385. The van der Waals surface area contributed by atoms with Crippen molar-refractivity contribution >= 4 is 23.7 Å². The second kappa shape index (κ2) is 11.4. The van der Waals surface area contributed by atoms with Crippen molar-refractivity contribution < 1.29 is 23.9 Å². The lowest BCUT2D eigenvalue weighted by atomic mass is 9.86. The number of ether oxygens (including phenoxy) is 1. The Morgan fingerprint density at radius 2 is 1.48 bits per heavy atom. The lowest BCUT2D eigenvalue weighted by Gasteiger charge is -2.22. The number of hydrogen-bond donors (Lipinski definition) is 2. The lowest BCUT2D eigenvalue weighted by Crippen LogP contribution is -2.46. The molecule has 2 rings (SSSR count). The normalized spacial score (nSPS) is 12.1. The van der Waals surface area contributed by atoms with Crippen LogP contribution in [0.2, 0.25) is 0 Å². The Morgan fingerprint density at radius 1 is 0.879 bits per heavy atom. The molecule has 0 saturated carbocycles. The van der Waals surface area contributed by atoms with E-state index in [4.69, 9.17) is 4.74 Å². The largest absolute Gasteiger partial charge is 0.454 e. The zero-order valence-corrected chi connectivity index (χ0v) is 19.8. The molecule has 0 radical (unpaired) electrons. The molecule has 33 heavy (non-hydrogen) atoms. The van der Waals surface area contributed by atoms with Crippen molar-refractivity contribution in [3.05, 3.63) is 71.3 Å². The van der Waals surface area contributed by atoms with Crippen LogP contribution in [0.1, 0.15) is 56.1 Å². The zero-order chi connectivity index (χ0) is 24.6. The van der Waals surface area contributed by atoms with E-state index in [1.54, 1.807) is 50.2 Å². The third-order valence-corrected chi connectivity index (χ3v) is 5.05. The molecule has 0 bridgehead atoms. The molecule has 0 saturated heterocycles. The molecule has 0 aliphatic rings. The van der Waals surface area contributed by atoms with Crippen LogP contribution in [0.25, 0.3) is 0 Å². The van der Waals surface area contributed by atoms with Gasteiger partial charge in [-0.25, -0.2) is 4.79 Å². The number of esters is 1. The smallest absolute Gasteiger partial charge is 0.329 e. The van der Waals surface area contributed by atoms with Gasteiger partial charge < -0.3 is 10.1 Å². The van der Waals surface area contributed by atoms with Crippen LogP contribution in [0.5, 0.6) is 0 Å². The van der Waals surface area contributed by atoms with E-state index in [0.717, 1.165) is 11.1 Å². The minimum absolute atomic E-state index is 0.0394. The number of amides is 3. The van der Waals surface area contributed by atoms with Gasteiger partial charge in [0.15, 0.2) is 6.61 Å². The van der Waals surface area contributed by atoms with Gasteiger partial charge in [0, 0.05) is 5.56 Å². The van der Waals surface area contributed by atoms with Gasteiger partial charge in [-0.2, -0.15) is 0 Å². The lowest BCUT2D eigenvalue weighted by molar-refractivity contribution is -0.152. The third-order valence-electron chi connectivity index (χ3n) is 5.05. The summed E-state index contributed by atoms with van der Waals surface area (Å²) in [6, 6.07) is 15.2. The molecule has 0 heterocycles. The van der Waals surface area contributed by atoms with Crippen molar-refractivity contribution in [3.63, 3.8) is 0 Å². The van der Waals surface area contributed by atoms with Crippen LogP contribution in [0.3, 0.4) is 0 Å². The van der Waals surface area contributed by atoms with Crippen LogP contribution in [0.15, 0.2) is 54.6 Å². The molecule has 7 nitrogen and oxygen atoms in total. The standard InChI is InChI=1S/C26H32N2O5/c1-17(2)23(28-24(31)19-11-13-20(14-12-19)26(3,4)5)25(32)33-16-22(30)27-21(29)15-18-9-7-6-8-10-18/h6-14,17,23H,15-16H2,1-5H3,(H,28,31)(H,27,29,30). The molecule has 1 atom stereocenters. The van der Waals surface area contributed by atoms with E-state index < -0.39 is 36.3 Å². The summed E-state index contributed by atoms with van der Waals surface area (Å²) in [7, 11) is 0. The van der Waals surface area contributed by atoms with E-state index in [9.17, 15) is 19.2 Å². The molecular formula is C26H32N2O5. The van der Waals surface area contributed by atoms with Crippen LogP contribution in [0.4, 0.5) is 0 Å². The second-order valence-electron chi connectivity index (χ2n) is 9.26. The van der Waals surface area contributed by atoms with Crippen molar-refractivity contribution in [2.75, 3.05) is 6.61 Å². The molecule has 176 valence electrons. The minimum atomic E-state index is -0.937. The average molecular weight is 453 g/mol. The van der Waals surface area contributed by atoms with E-state index >= 15 is 0 Å². The zero-order valence-electron chi connectivity index (χ0n) is 19.8. The Kier molecular flexibility index (Phi) is 8.91. The third kappa shape index (κ3) is 8.18. The number of carbonyl (C=O) groups excluding carboxylic acids is 4. The van der Waals surface area contributed by atoms with Gasteiger partial charge in [0.05, 0.1) is 6.42 Å². The predicted molar refractivity (Wildman–Crippen MR) is 125 cm³/mol. The number of carbonyl (C=O) groups is 4. The Balaban J connectivity index is 1.89. The van der Waals surface area contributed by atoms with Crippen molar-refractivity contribution in [1.29, 1.82) is 0 Å². The first kappa shape index (κ1) is 25.8. The first-order valence-electron chi connectivity index (χ1n) is 10.9. The molecule has 2 aromatic carbocycles. The Labute approximate surface area is 194 Å². The van der Waals surface area contributed by atoms with E-state index in [2.05, 4.69) is 31.4 Å². The van der Waals surface area contributed by atoms with Gasteiger partial charge in [-0.15, -0.1) is 0 Å². The number of benzene rings is 2. The maximum atomic E-state index is 12.6. The van der Waals surface area contributed by atoms with Crippen LogP contribution in [-0.2, 0) is 31.0 Å². The van der Waals surface area contributed by atoms with Crippen LogP contribution >= 0.6 is 0 Å². The maximum Gasteiger partial charge on any atom is 0.329 e. The number of imide groups is 1. The first-order valence-corrected chi connectivity index (χ1v) is 10.9. The molecule has 7 heteroatoms. The summed E-state index contributed by atoms with van der Waals surface area (Å²) >= 11 is 0. The first-order chi connectivity index (χ1) is 15.5. The van der Waals surface area contributed by atoms with Gasteiger partial charge in [-0.3, -0.25) is 19.7 Å². The highest BCUT2D eigenvalue weighted by Crippen LogP contribution is 2.22. The number of hydrogen-bond acceptors (Lipinski definition) is 5. The highest BCUT2D eigenvalue weighted by Gasteiger charge is 2.27. The highest BCUT2D eigenvalue weighted by molar-refractivity contribution is 5.98. The fourth-order valence-corrected chi connectivity index (χ4v) is 3.09. The SMILES string of the molecule is CC(C)C(NC(=O)c1ccc(C(C)(C)C)cc1)C(=O)OCC(=O)NC(=O)Cc1ccccc1. The monoisotopic (exact) mass is 452 g/mol. The Bertz CT molecular complexity index is 976. The summed E-state index contributed by atoms with van der Waals surface area (Å²) in [5, 5.41) is 4.87. The maximum absolute atomic E-state index is 12.6. The summed E-state index contributed by atoms with van der Waals surface area (Å²) in [6.45, 7) is 9.16. The summed E-state index contributed by atoms with van der Waals surface area (Å²) in [5.74, 6) is -2.63. The summed E-state index contributed by atoms with van der Waals surface area (Å²) in [5.41, 5.74) is 2.23. The number of nitrogens with one attached hydrogen (secondary N) is 2. The fourth-order valence-electron chi connectivity index (χ4n) is 3.09. The molecule has 0 aliphatic carbocycles. The molecule has 0 fully saturated rings. The minimum Gasteiger partial charge on any atom is -0.454 e. The number of rotatable bonds is 8. The van der Waals surface area contributed by atoms with Crippen molar-refractivity contribution in [2.24, 2.45) is 5.92 Å². The molecular weight excluding hydrogens is 420 g/mol. The summed E-state index contributed by atoms with van der Waals surface area (Å²) in [6.07, 6.45) is 0.0409. The molecule has 1 unspecified atom stereocenters. The second-order valence-corrected chi connectivity index (χ2v) is 9.26. The van der Waals surface area contributed by atoms with Gasteiger partial charge in [-0.1, -0.05) is 77.1 Å². The van der Waals surface area contributed by atoms with E-state index in [0.29, 0.717) is 5.56 Å². The van der Waals surface area contributed by atoms with E-state index in [1.807, 2.05) is 18.2 Å². The van der Waals surface area contributed by atoms with Crippen LogP contribution in [-0.4, -0.2) is 36.3 Å². The molecule has 2 N–H and O–H groups in total. The molecule has 0 spiro atoms. The van der Waals surface area contributed by atoms with Gasteiger partial charge in [0.25, 0.3) is 11.8 Å². The summed E-state index contributed by atoms with van der Waals surface area (Å²) in [4.78, 5) is 49.1. The van der Waals surface area contributed by atoms with Gasteiger partial charge >= 0.3 is 5.97 Å². The molecule has 3 amide bonds. The van der Waals surface area contributed by atoms with Crippen molar-refractivity contribution in [3.8, 4) is 0 Å². The van der Waals surface area contributed by atoms with Crippen molar-refractivity contribution in [2.45, 2.75) is 52.5 Å². The van der Waals surface area contributed by atoms with Gasteiger partial charge in [-0.05, 0) is 34.6 Å². The van der Waals surface area contributed by atoms with E-state index in [-0.39, 0.29) is 17.8 Å². The van der Waals surface area contributed by atoms with Gasteiger partial charge in [0.1, 0.15) is 6.04 Å². The predicted octanol–water partition coefficient (Wildman–Crippen LogP) is 3.17. The van der Waals surface area contributed by atoms with Gasteiger partial charge in [0.2, 0.25) is 5.91 Å².